The van der Waals surface area contributed by atoms with Gasteiger partial charge in [-0.1, -0.05) is 0 Å². The van der Waals surface area contributed by atoms with E-state index in [4.69, 9.17) is 5.11 Å². The summed E-state index contributed by atoms with van der Waals surface area (Å²) < 4.78 is 2.06. The van der Waals surface area contributed by atoms with Crippen LogP contribution in [-0.4, -0.2) is 41.3 Å². The highest BCUT2D eigenvalue weighted by Crippen LogP contribution is 2.21. The highest BCUT2D eigenvalue weighted by molar-refractivity contribution is 5.93. The zero-order chi connectivity index (χ0) is 13.0. The molecular weight excluding hydrogens is 230 g/mol. The summed E-state index contributed by atoms with van der Waals surface area (Å²) in [6.45, 7) is 3.74. The molecule has 0 saturated carbocycles. The Hall–Kier alpha value is -1.33. The summed E-state index contributed by atoms with van der Waals surface area (Å²) in [6.07, 6.45) is 4.06. The predicted molar refractivity (Wildman–Crippen MR) is 69.6 cm³/mol. The fourth-order valence-electron chi connectivity index (χ4n) is 2.33. The first-order chi connectivity index (χ1) is 8.72. The van der Waals surface area contributed by atoms with E-state index in [0.29, 0.717) is 11.7 Å². The minimum absolute atomic E-state index is 0.0419. The van der Waals surface area contributed by atoms with Crippen LogP contribution in [0.15, 0.2) is 18.3 Å². The van der Waals surface area contributed by atoms with E-state index in [0.717, 1.165) is 25.9 Å². The van der Waals surface area contributed by atoms with Gasteiger partial charge in [0.1, 0.15) is 5.69 Å². The molecule has 1 fully saturated rings. The van der Waals surface area contributed by atoms with Gasteiger partial charge in [-0.3, -0.25) is 4.79 Å². The van der Waals surface area contributed by atoms with E-state index in [2.05, 4.69) is 15.2 Å². The van der Waals surface area contributed by atoms with Gasteiger partial charge in [-0.15, -0.1) is 0 Å². The molecular formula is C13H21N3O2. The van der Waals surface area contributed by atoms with Crippen molar-refractivity contribution >= 4 is 5.91 Å². The number of nitrogens with zero attached hydrogens (tertiary/aromatic N) is 1. The third-order valence-corrected chi connectivity index (χ3v) is 3.36. The van der Waals surface area contributed by atoms with E-state index >= 15 is 0 Å². The van der Waals surface area contributed by atoms with Crippen molar-refractivity contribution in [2.75, 3.05) is 19.7 Å². The van der Waals surface area contributed by atoms with Crippen molar-refractivity contribution in [3.8, 4) is 0 Å². The van der Waals surface area contributed by atoms with Crippen LogP contribution in [0.5, 0.6) is 0 Å². The maximum absolute atomic E-state index is 12.1. The van der Waals surface area contributed by atoms with Gasteiger partial charge in [-0.2, -0.15) is 0 Å². The molecule has 0 spiro atoms. The number of hydrogen-bond acceptors (Lipinski definition) is 3. The highest BCUT2D eigenvalue weighted by Gasteiger charge is 2.20. The standard InChI is InChI=1S/C13H21N3O2/c1-10(9-17)15-13(18)12-3-2-8-16(12)11-4-6-14-7-5-11/h2-3,8,10-11,14,17H,4-7,9H2,1H3,(H,15,18). The number of aromatic nitrogens is 1. The Morgan fingerprint density at radius 3 is 3.00 bits per heavy atom. The lowest BCUT2D eigenvalue weighted by Crippen LogP contribution is -2.37. The third-order valence-electron chi connectivity index (χ3n) is 3.36. The predicted octanol–water partition coefficient (Wildman–Crippen LogP) is 0.523. The monoisotopic (exact) mass is 251 g/mol. The van der Waals surface area contributed by atoms with E-state index in [-0.39, 0.29) is 18.6 Å². The average molecular weight is 251 g/mol. The fourth-order valence-corrected chi connectivity index (χ4v) is 2.33. The van der Waals surface area contributed by atoms with Gasteiger partial charge in [-0.05, 0) is 45.0 Å². The first-order valence-corrected chi connectivity index (χ1v) is 6.51. The van der Waals surface area contributed by atoms with Gasteiger partial charge < -0.3 is 20.3 Å². The Morgan fingerprint density at radius 2 is 2.33 bits per heavy atom. The van der Waals surface area contributed by atoms with Crippen LogP contribution in [0, 0.1) is 0 Å². The molecule has 1 aliphatic rings. The molecule has 0 bridgehead atoms. The maximum atomic E-state index is 12.1. The molecule has 1 aromatic heterocycles. The van der Waals surface area contributed by atoms with Crippen molar-refractivity contribution < 1.29 is 9.90 Å². The summed E-state index contributed by atoms with van der Waals surface area (Å²) in [5, 5.41) is 15.1. The van der Waals surface area contributed by atoms with Crippen LogP contribution in [0.25, 0.3) is 0 Å². The number of nitrogens with one attached hydrogen (secondary N) is 2. The van der Waals surface area contributed by atoms with Gasteiger partial charge in [0, 0.05) is 18.3 Å². The van der Waals surface area contributed by atoms with Crippen LogP contribution in [0.3, 0.4) is 0 Å². The molecule has 2 rings (SSSR count). The van der Waals surface area contributed by atoms with Gasteiger partial charge >= 0.3 is 0 Å². The molecule has 0 aliphatic carbocycles. The lowest BCUT2D eigenvalue weighted by molar-refractivity contribution is 0.0909. The Bertz CT molecular complexity index is 397. The van der Waals surface area contributed by atoms with Crippen molar-refractivity contribution in [1.29, 1.82) is 0 Å². The molecule has 1 atom stereocenters. The van der Waals surface area contributed by atoms with Crippen molar-refractivity contribution in [2.45, 2.75) is 31.8 Å². The topological polar surface area (TPSA) is 66.3 Å². The molecule has 1 aliphatic heterocycles. The lowest BCUT2D eigenvalue weighted by Gasteiger charge is -2.26. The van der Waals surface area contributed by atoms with Crippen LogP contribution < -0.4 is 10.6 Å². The molecule has 100 valence electrons. The summed E-state index contributed by atoms with van der Waals surface area (Å²) in [5.41, 5.74) is 0.683. The van der Waals surface area contributed by atoms with Crippen LogP contribution >= 0.6 is 0 Å². The summed E-state index contributed by atoms with van der Waals surface area (Å²) in [5.74, 6) is -0.111. The summed E-state index contributed by atoms with van der Waals surface area (Å²) in [6, 6.07) is 3.92. The Labute approximate surface area is 107 Å². The first-order valence-electron chi connectivity index (χ1n) is 6.51. The number of rotatable bonds is 4. The van der Waals surface area contributed by atoms with E-state index in [1.807, 2.05) is 18.3 Å². The Morgan fingerprint density at radius 1 is 1.61 bits per heavy atom. The smallest absolute Gasteiger partial charge is 0.268 e. The van der Waals surface area contributed by atoms with Gasteiger partial charge in [-0.25, -0.2) is 0 Å². The quantitative estimate of drug-likeness (QED) is 0.731. The molecule has 3 N–H and O–H groups in total. The maximum Gasteiger partial charge on any atom is 0.268 e. The molecule has 5 nitrogen and oxygen atoms in total. The highest BCUT2D eigenvalue weighted by atomic mass is 16.3. The minimum Gasteiger partial charge on any atom is -0.394 e. The molecule has 0 aromatic carbocycles. The molecule has 1 aromatic rings. The minimum atomic E-state index is -0.214. The first kappa shape index (κ1) is 13.1. The van der Waals surface area contributed by atoms with Crippen molar-refractivity contribution in [1.82, 2.24) is 15.2 Å². The summed E-state index contributed by atoms with van der Waals surface area (Å²) in [4.78, 5) is 12.1. The van der Waals surface area contributed by atoms with Crippen molar-refractivity contribution in [3.05, 3.63) is 24.0 Å². The normalized spacial score (nSPS) is 18.6. The zero-order valence-electron chi connectivity index (χ0n) is 10.7. The van der Waals surface area contributed by atoms with E-state index in [1.54, 1.807) is 6.92 Å². The number of carbonyl (C=O) groups excluding carboxylic acids is 1. The lowest BCUT2D eigenvalue weighted by atomic mass is 10.1. The van der Waals surface area contributed by atoms with Crippen molar-refractivity contribution in [3.63, 3.8) is 0 Å². The van der Waals surface area contributed by atoms with Crippen molar-refractivity contribution in [2.24, 2.45) is 0 Å². The molecule has 2 heterocycles. The second-order valence-corrected chi connectivity index (χ2v) is 4.84. The largest absolute Gasteiger partial charge is 0.394 e. The number of piperidine rings is 1. The SMILES string of the molecule is CC(CO)NC(=O)c1cccn1C1CCNCC1. The zero-order valence-corrected chi connectivity index (χ0v) is 10.7. The van der Waals surface area contributed by atoms with Gasteiger partial charge in [0.25, 0.3) is 5.91 Å². The van der Waals surface area contributed by atoms with Crippen LogP contribution in [0.2, 0.25) is 0 Å². The number of aliphatic hydroxyl groups is 1. The molecule has 1 unspecified atom stereocenters. The number of aliphatic hydroxyl groups excluding tert-OH is 1. The molecule has 1 amide bonds. The van der Waals surface area contributed by atoms with Crippen LogP contribution in [0.1, 0.15) is 36.3 Å². The molecule has 1 saturated heterocycles. The van der Waals surface area contributed by atoms with E-state index < -0.39 is 0 Å². The number of amides is 1. The van der Waals surface area contributed by atoms with E-state index in [9.17, 15) is 4.79 Å². The Kier molecular flexibility index (Phi) is 4.38. The molecule has 5 heteroatoms. The Balaban J connectivity index is 2.09. The van der Waals surface area contributed by atoms with E-state index in [1.165, 1.54) is 0 Å². The summed E-state index contributed by atoms with van der Waals surface area (Å²) in [7, 11) is 0. The fraction of sp³-hybridized carbons (Fsp3) is 0.615. The molecule has 18 heavy (non-hydrogen) atoms. The molecule has 0 radical (unpaired) electrons. The average Bonchev–Trinajstić information content (AvgIpc) is 2.88. The van der Waals surface area contributed by atoms with Gasteiger partial charge in [0.15, 0.2) is 0 Å². The van der Waals surface area contributed by atoms with Gasteiger partial charge in [0.2, 0.25) is 0 Å². The second kappa shape index (κ2) is 6.02. The second-order valence-electron chi connectivity index (χ2n) is 4.84. The number of hydrogen-bond donors (Lipinski definition) is 3. The van der Waals surface area contributed by atoms with Gasteiger partial charge in [0.05, 0.1) is 6.61 Å². The summed E-state index contributed by atoms with van der Waals surface area (Å²) >= 11 is 0. The van der Waals surface area contributed by atoms with Crippen LogP contribution in [-0.2, 0) is 0 Å². The number of carbonyl (C=O) groups is 1. The third kappa shape index (κ3) is 2.91. The van der Waals surface area contributed by atoms with Crippen LogP contribution in [0.4, 0.5) is 0 Å².